The predicted octanol–water partition coefficient (Wildman–Crippen LogP) is 1.76. The summed E-state index contributed by atoms with van der Waals surface area (Å²) in [5.74, 6) is 1.13. The molecule has 2 heterocycles. The van der Waals surface area contributed by atoms with Crippen molar-refractivity contribution >= 4 is 17.5 Å². The maximum atomic E-state index is 5.76. The molecule has 0 aromatic carbocycles. The number of ether oxygens (including phenoxy) is 1. The van der Waals surface area contributed by atoms with Crippen LogP contribution in [0.4, 0.5) is 5.95 Å². The van der Waals surface area contributed by atoms with Gasteiger partial charge in [0.2, 0.25) is 11.2 Å². The molecular weight excluding hydrogens is 244 g/mol. The molecule has 90 valence electrons. The third kappa shape index (κ3) is 3.07. The highest BCUT2D eigenvalue weighted by molar-refractivity contribution is 6.28. The summed E-state index contributed by atoms with van der Waals surface area (Å²) in [6.45, 7) is 0.250. The minimum Gasteiger partial charge on any atom is -0.466 e. The fourth-order valence-electron chi connectivity index (χ4n) is 1.12. The number of hydrogen-bond acceptors (Lipinski definition) is 6. The molecule has 0 fully saturated rings. The van der Waals surface area contributed by atoms with E-state index in [1.807, 2.05) is 14.1 Å². The standard InChI is InChI=1S/C10H11ClN4O2/c1-15(2)9-12-8(11)13-10(14-9)17-6-7-4-3-5-16-7/h3-5H,6H2,1-2H3. The fraction of sp³-hybridized carbons (Fsp3) is 0.300. The van der Waals surface area contributed by atoms with Crippen LogP contribution in [0.2, 0.25) is 5.28 Å². The van der Waals surface area contributed by atoms with Crippen LogP contribution in [0.3, 0.4) is 0 Å². The van der Waals surface area contributed by atoms with Gasteiger partial charge in [0.25, 0.3) is 0 Å². The first-order valence-corrected chi connectivity index (χ1v) is 5.27. The van der Waals surface area contributed by atoms with Gasteiger partial charge in [0.05, 0.1) is 6.26 Å². The highest BCUT2D eigenvalue weighted by Crippen LogP contribution is 2.14. The zero-order valence-electron chi connectivity index (χ0n) is 9.42. The Balaban J connectivity index is 2.10. The fourth-order valence-corrected chi connectivity index (χ4v) is 1.26. The predicted molar refractivity (Wildman–Crippen MR) is 62.2 cm³/mol. The third-order valence-corrected chi connectivity index (χ3v) is 2.07. The normalized spacial score (nSPS) is 10.3. The Morgan fingerprint density at radius 3 is 2.82 bits per heavy atom. The van der Waals surface area contributed by atoms with Gasteiger partial charge in [-0.25, -0.2) is 0 Å². The van der Waals surface area contributed by atoms with Crippen LogP contribution in [0.5, 0.6) is 6.01 Å². The van der Waals surface area contributed by atoms with E-state index in [0.29, 0.717) is 11.7 Å². The molecule has 0 unspecified atom stereocenters. The van der Waals surface area contributed by atoms with Crippen LogP contribution in [-0.4, -0.2) is 29.0 Å². The Hall–Kier alpha value is -1.82. The van der Waals surface area contributed by atoms with E-state index < -0.39 is 0 Å². The second kappa shape index (κ2) is 5.01. The van der Waals surface area contributed by atoms with E-state index in [-0.39, 0.29) is 17.9 Å². The molecule has 0 atom stereocenters. The van der Waals surface area contributed by atoms with Crippen molar-refractivity contribution in [1.29, 1.82) is 0 Å². The van der Waals surface area contributed by atoms with Crippen molar-refractivity contribution in [3.05, 3.63) is 29.4 Å². The molecule has 6 nitrogen and oxygen atoms in total. The second-order valence-corrected chi connectivity index (χ2v) is 3.79. The Kier molecular flexibility index (Phi) is 3.43. The summed E-state index contributed by atoms with van der Waals surface area (Å²) in [5.41, 5.74) is 0. The molecule has 0 saturated carbocycles. The maximum absolute atomic E-state index is 5.76. The molecule has 2 aromatic rings. The van der Waals surface area contributed by atoms with Gasteiger partial charge in [-0.2, -0.15) is 15.0 Å². The molecular formula is C10H11ClN4O2. The van der Waals surface area contributed by atoms with E-state index >= 15 is 0 Å². The SMILES string of the molecule is CN(C)c1nc(Cl)nc(OCc2ccco2)n1. The monoisotopic (exact) mass is 254 g/mol. The van der Waals surface area contributed by atoms with Crippen LogP contribution < -0.4 is 9.64 Å². The number of nitrogens with zero attached hydrogens (tertiary/aromatic N) is 4. The van der Waals surface area contributed by atoms with Crippen LogP contribution in [0.15, 0.2) is 22.8 Å². The van der Waals surface area contributed by atoms with Crippen molar-refractivity contribution < 1.29 is 9.15 Å². The van der Waals surface area contributed by atoms with Gasteiger partial charge < -0.3 is 14.1 Å². The van der Waals surface area contributed by atoms with E-state index in [1.165, 1.54) is 0 Å². The summed E-state index contributed by atoms with van der Waals surface area (Å²) < 4.78 is 10.5. The van der Waals surface area contributed by atoms with Crippen molar-refractivity contribution in [3.63, 3.8) is 0 Å². The molecule has 0 bridgehead atoms. The topological polar surface area (TPSA) is 64.3 Å². The molecule has 7 heteroatoms. The zero-order chi connectivity index (χ0) is 12.3. The number of rotatable bonds is 4. The third-order valence-electron chi connectivity index (χ3n) is 1.90. The summed E-state index contributed by atoms with van der Waals surface area (Å²) in [4.78, 5) is 13.6. The highest BCUT2D eigenvalue weighted by atomic mass is 35.5. The number of furan rings is 1. The minimum atomic E-state index is 0.0955. The van der Waals surface area contributed by atoms with Crippen molar-refractivity contribution in [2.24, 2.45) is 0 Å². The van der Waals surface area contributed by atoms with E-state index in [4.69, 9.17) is 20.8 Å². The Morgan fingerprint density at radius 2 is 2.18 bits per heavy atom. The van der Waals surface area contributed by atoms with Gasteiger partial charge >= 0.3 is 6.01 Å². The quantitative estimate of drug-likeness (QED) is 0.828. The summed E-state index contributed by atoms with van der Waals surface area (Å²) >= 11 is 5.76. The van der Waals surface area contributed by atoms with Crippen LogP contribution in [0.1, 0.15) is 5.76 Å². The van der Waals surface area contributed by atoms with Gasteiger partial charge in [-0.3, -0.25) is 0 Å². The Morgan fingerprint density at radius 1 is 1.35 bits per heavy atom. The van der Waals surface area contributed by atoms with Gasteiger partial charge in [-0.05, 0) is 23.7 Å². The number of aromatic nitrogens is 3. The summed E-state index contributed by atoms with van der Waals surface area (Å²) in [6, 6.07) is 3.75. The second-order valence-electron chi connectivity index (χ2n) is 3.45. The van der Waals surface area contributed by atoms with E-state index in [9.17, 15) is 0 Å². The lowest BCUT2D eigenvalue weighted by molar-refractivity contribution is 0.249. The Bertz CT molecular complexity index is 487. The molecule has 0 spiro atoms. The lowest BCUT2D eigenvalue weighted by atomic mass is 10.5. The molecule has 0 aliphatic carbocycles. The van der Waals surface area contributed by atoms with Crippen LogP contribution in [0, 0.1) is 0 Å². The average Bonchev–Trinajstić information content (AvgIpc) is 2.78. The van der Waals surface area contributed by atoms with Crippen molar-refractivity contribution in [2.45, 2.75) is 6.61 Å². The number of anilines is 1. The molecule has 0 radical (unpaired) electrons. The largest absolute Gasteiger partial charge is 0.466 e. The van der Waals surface area contributed by atoms with Gasteiger partial charge in [0, 0.05) is 14.1 Å². The average molecular weight is 255 g/mol. The van der Waals surface area contributed by atoms with Crippen molar-refractivity contribution in [3.8, 4) is 6.01 Å². The zero-order valence-corrected chi connectivity index (χ0v) is 10.2. The minimum absolute atomic E-state index is 0.0955. The number of halogens is 1. The summed E-state index contributed by atoms with van der Waals surface area (Å²) in [7, 11) is 3.62. The van der Waals surface area contributed by atoms with E-state index in [1.54, 1.807) is 23.3 Å². The summed E-state index contributed by atoms with van der Waals surface area (Å²) in [6.07, 6.45) is 1.57. The lowest BCUT2D eigenvalue weighted by Crippen LogP contribution is -2.14. The molecule has 0 aliphatic heterocycles. The molecule has 2 aromatic heterocycles. The van der Waals surface area contributed by atoms with Crippen LogP contribution in [0.25, 0.3) is 0 Å². The highest BCUT2D eigenvalue weighted by Gasteiger charge is 2.08. The van der Waals surface area contributed by atoms with Gasteiger partial charge in [0.1, 0.15) is 12.4 Å². The van der Waals surface area contributed by atoms with Gasteiger partial charge in [0.15, 0.2) is 0 Å². The number of hydrogen-bond donors (Lipinski definition) is 0. The van der Waals surface area contributed by atoms with E-state index in [2.05, 4.69) is 15.0 Å². The smallest absolute Gasteiger partial charge is 0.323 e. The first-order valence-electron chi connectivity index (χ1n) is 4.89. The van der Waals surface area contributed by atoms with Crippen LogP contribution in [-0.2, 0) is 6.61 Å². The lowest BCUT2D eigenvalue weighted by Gasteiger charge is -2.10. The molecule has 0 saturated heterocycles. The maximum Gasteiger partial charge on any atom is 0.323 e. The molecule has 0 aliphatic rings. The van der Waals surface area contributed by atoms with Crippen molar-refractivity contribution in [1.82, 2.24) is 15.0 Å². The van der Waals surface area contributed by atoms with Crippen LogP contribution >= 0.6 is 11.6 Å². The van der Waals surface area contributed by atoms with E-state index in [0.717, 1.165) is 0 Å². The van der Waals surface area contributed by atoms with Gasteiger partial charge in [-0.15, -0.1) is 0 Å². The first-order chi connectivity index (χ1) is 8.15. The van der Waals surface area contributed by atoms with Gasteiger partial charge in [-0.1, -0.05) is 0 Å². The molecule has 17 heavy (non-hydrogen) atoms. The molecule has 0 amide bonds. The molecule has 0 N–H and O–H groups in total. The molecule has 2 rings (SSSR count). The Labute approximate surface area is 103 Å². The summed E-state index contributed by atoms with van der Waals surface area (Å²) in [5, 5.41) is 0.0955. The van der Waals surface area contributed by atoms with Crippen molar-refractivity contribution in [2.75, 3.05) is 19.0 Å². The first kappa shape index (κ1) is 11.7.